The predicted octanol–water partition coefficient (Wildman–Crippen LogP) is 3.07. The molecule has 2 fully saturated rings. The first-order valence-corrected chi connectivity index (χ1v) is 9.23. The Balaban J connectivity index is 0.00000192. The third kappa shape index (κ3) is 6.71. The molecule has 1 saturated carbocycles. The second kappa shape index (κ2) is 9.52. The van der Waals surface area contributed by atoms with Crippen molar-refractivity contribution in [3.05, 3.63) is 29.8 Å². The van der Waals surface area contributed by atoms with Crippen LogP contribution in [0.4, 0.5) is 5.69 Å². The van der Waals surface area contributed by atoms with E-state index in [0.29, 0.717) is 19.1 Å². The number of nitrogens with one attached hydrogen (secondary N) is 2. The van der Waals surface area contributed by atoms with E-state index in [9.17, 15) is 4.79 Å². The lowest BCUT2D eigenvalue weighted by Gasteiger charge is -2.22. The third-order valence-corrected chi connectivity index (χ3v) is 5.09. The summed E-state index contributed by atoms with van der Waals surface area (Å²) in [5, 5.41) is 6.39. The summed E-state index contributed by atoms with van der Waals surface area (Å²) in [7, 11) is 0. The monoisotopic (exact) mass is 356 g/mol. The van der Waals surface area contributed by atoms with Crippen LogP contribution in [-0.2, 0) is 16.1 Å². The van der Waals surface area contributed by atoms with E-state index in [1.807, 2.05) is 36.0 Å². The standard InChI is InChI=1S/C17H24N2O2S.ClH/c20-17(9-16-12-22-7-6-18-16)19-15-3-1-2-14(8-15)11-21-10-13-4-5-13;/h1-3,8,13,16,18H,4-7,9-12H2,(H,19,20);1H. The molecule has 4 nitrogen and oxygen atoms in total. The minimum absolute atomic E-state index is 0. The van der Waals surface area contributed by atoms with Gasteiger partial charge in [-0.25, -0.2) is 0 Å². The Kier molecular flexibility index (Phi) is 7.70. The molecule has 0 bridgehead atoms. The lowest BCUT2D eigenvalue weighted by Crippen LogP contribution is -2.39. The van der Waals surface area contributed by atoms with Crippen molar-refractivity contribution in [3.8, 4) is 0 Å². The summed E-state index contributed by atoms with van der Waals surface area (Å²) in [5.41, 5.74) is 1.98. The quantitative estimate of drug-likeness (QED) is 0.788. The number of thioether (sulfide) groups is 1. The number of rotatable bonds is 7. The summed E-state index contributed by atoms with van der Waals surface area (Å²) in [6, 6.07) is 8.25. The highest BCUT2D eigenvalue weighted by Gasteiger charge is 2.21. The van der Waals surface area contributed by atoms with Gasteiger partial charge in [0, 0.05) is 42.8 Å². The van der Waals surface area contributed by atoms with E-state index < -0.39 is 0 Å². The van der Waals surface area contributed by atoms with Crippen molar-refractivity contribution in [3.63, 3.8) is 0 Å². The Labute approximate surface area is 148 Å². The van der Waals surface area contributed by atoms with Gasteiger partial charge in [0.25, 0.3) is 0 Å². The molecule has 1 saturated heterocycles. The normalized spacial score (nSPS) is 20.6. The molecule has 1 unspecified atom stereocenters. The van der Waals surface area contributed by atoms with E-state index >= 15 is 0 Å². The van der Waals surface area contributed by atoms with Gasteiger partial charge in [0.15, 0.2) is 0 Å². The smallest absolute Gasteiger partial charge is 0.225 e. The molecule has 1 aliphatic heterocycles. The third-order valence-electron chi connectivity index (χ3n) is 3.96. The number of carbonyl (C=O) groups excluding carboxylic acids is 1. The number of anilines is 1. The van der Waals surface area contributed by atoms with Gasteiger partial charge in [-0.15, -0.1) is 12.4 Å². The van der Waals surface area contributed by atoms with Crippen LogP contribution in [0.5, 0.6) is 0 Å². The maximum Gasteiger partial charge on any atom is 0.225 e. The highest BCUT2D eigenvalue weighted by atomic mass is 35.5. The number of amides is 1. The average molecular weight is 357 g/mol. The molecule has 2 N–H and O–H groups in total. The highest BCUT2D eigenvalue weighted by Crippen LogP contribution is 2.29. The van der Waals surface area contributed by atoms with Gasteiger partial charge in [0.2, 0.25) is 5.91 Å². The lowest BCUT2D eigenvalue weighted by atomic mass is 10.2. The van der Waals surface area contributed by atoms with Crippen LogP contribution in [0.2, 0.25) is 0 Å². The molecule has 1 aliphatic carbocycles. The van der Waals surface area contributed by atoms with Gasteiger partial charge in [-0.2, -0.15) is 11.8 Å². The van der Waals surface area contributed by atoms with Crippen LogP contribution in [0.15, 0.2) is 24.3 Å². The van der Waals surface area contributed by atoms with Gasteiger partial charge < -0.3 is 15.4 Å². The largest absolute Gasteiger partial charge is 0.376 e. The summed E-state index contributed by atoms with van der Waals surface area (Å²) in [5.74, 6) is 3.02. The first kappa shape index (κ1) is 18.6. The van der Waals surface area contributed by atoms with Crippen LogP contribution in [-0.4, -0.2) is 36.6 Å². The predicted molar refractivity (Wildman–Crippen MR) is 98.4 cm³/mol. The summed E-state index contributed by atoms with van der Waals surface area (Å²) in [6.45, 7) is 2.49. The fraction of sp³-hybridized carbons (Fsp3) is 0.588. The van der Waals surface area contributed by atoms with Crippen LogP contribution < -0.4 is 10.6 Å². The summed E-state index contributed by atoms with van der Waals surface area (Å²) < 4.78 is 5.70. The summed E-state index contributed by atoms with van der Waals surface area (Å²) in [6.07, 6.45) is 3.16. The van der Waals surface area contributed by atoms with Crippen LogP contribution in [0, 0.1) is 5.92 Å². The van der Waals surface area contributed by atoms with Crippen molar-refractivity contribution >= 4 is 35.8 Å². The fourth-order valence-corrected chi connectivity index (χ4v) is 3.50. The zero-order valence-electron chi connectivity index (χ0n) is 13.3. The molecule has 0 aromatic heterocycles. The van der Waals surface area contributed by atoms with Crippen molar-refractivity contribution in [1.29, 1.82) is 0 Å². The summed E-state index contributed by atoms with van der Waals surface area (Å²) in [4.78, 5) is 12.1. The Hall–Kier alpha value is -0.750. The molecule has 0 spiro atoms. The number of halogens is 1. The Morgan fingerprint density at radius 2 is 2.26 bits per heavy atom. The number of ether oxygens (including phenoxy) is 1. The van der Waals surface area contributed by atoms with E-state index in [-0.39, 0.29) is 18.3 Å². The molecule has 1 aromatic rings. The topological polar surface area (TPSA) is 50.4 Å². The molecule has 1 heterocycles. The van der Waals surface area contributed by atoms with Gasteiger partial charge in [-0.3, -0.25) is 4.79 Å². The minimum Gasteiger partial charge on any atom is -0.376 e. The van der Waals surface area contributed by atoms with Crippen LogP contribution in [0.1, 0.15) is 24.8 Å². The second-order valence-electron chi connectivity index (χ2n) is 6.14. The van der Waals surface area contributed by atoms with Gasteiger partial charge in [-0.1, -0.05) is 12.1 Å². The molecular weight excluding hydrogens is 332 g/mol. The van der Waals surface area contributed by atoms with E-state index in [0.717, 1.165) is 41.8 Å². The maximum atomic E-state index is 12.1. The maximum absolute atomic E-state index is 12.1. The molecule has 1 amide bonds. The SMILES string of the molecule is Cl.O=C(CC1CSCCN1)Nc1cccc(COCC2CC2)c1. The van der Waals surface area contributed by atoms with Crippen molar-refractivity contribution in [2.75, 3.05) is 30.0 Å². The molecule has 3 rings (SSSR count). The Morgan fingerprint density at radius 1 is 1.39 bits per heavy atom. The van der Waals surface area contributed by atoms with Crippen molar-refractivity contribution in [2.24, 2.45) is 5.92 Å². The molecule has 23 heavy (non-hydrogen) atoms. The molecule has 128 valence electrons. The molecule has 2 aliphatic rings. The second-order valence-corrected chi connectivity index (χ2v) is 7.29. The molecular formula is C17H25ClN2O2S. The van der Waals surface area contributed by atoms with Gasteiger partial charge in [-0.05, 0) is 36.5 Å². The molecule has 1 aromatic carbocycles. The van der Waals surface area contributed by atoms with Crippen LogP contribution in [0.3, 0.4) is 0 Å². The van der Waals surface area contributed by atoms with E-state index in [4.69, 9.17) is 4.74 Å². The molecule has 0 radical (unpaired) electrons. The number of benzene rings is 1. The Morgan fingerprint density at radius 3 is 3.00 bits per heavy atom. The van der Waals surface area contributed by atoms with E-state index in [1.54, 1.807) is 0 Å². The van der Waals surface area contributed by atoms with E-state index in [1.165, 1.54) is 12.8 Å². The van der Waals surface area contributed by atoms with Gasteiger partial charge in [0.1, 0.15) is 0 Å². The lowest BCUT2D eigenvalue weighted by molar-refractivity contribution is -0.116. The van der Waals surface area contributed by atoms with Crippen molar-refractivity contribution < 1.29 is 9.53 Å². The number of carbonyl (C=O) groups is 1. The zero-order valence-corrected chi connectivity index (χ0v) is 14.9. The number of hydrogen-bond acceptors (Lipinski definition) is 4. The van der Waals surface area contributed by atoms with Crippen molar-refractivity contribution in [2.45, 2.75) is 31.9 Å². The van der Waals surface area contributed by atoms with Crippen LogP contribution >= 0.6 is 24.2 Å². The van der Waals surface area contributed by atoms with Gasteiger partial charge in [0.05, 0.1) is 6.61 Å². The fourth-order valence-electron chi connectivity index (χ4n) is 2.55. The highest BCUT2D eigenvalue weighted by molar-refractivity contribution is 7.99. The van der Waals surface area contributed by atoms with Crippen LogP contribution in [0.25, 0.3) is 0 Å². The van der Waals surface area contributed by atoms with E-state index in [2.05, 4.69) is 10.6 Å². The first-order valence-electron chi connectivity index (χ1n) is 8.07. The molecule has 1 atom stereocenters. The number of hydrogen-bond donors (Lipinski definition) is 2. The Bertz CT molecular complexity index is 505. The minimum atomic E-state index is 0. The first-order chi connectivity index (χ1) is 10.8. The zero-order chi connectivity index (χ0) is 15.2. The van der Waals surface area contributed by atoms with Crippen molar-refractivity contribution in [1.82, 2.24) is 5.32 Å². The average Bonchev–Trinajstić information content (AvgIpc) is 3.33. The van der Waals surface area contributed by atoms with Gasteiger partial charge >= 0.3 is 0 Å². The molecule has 6 heteroatoms. The summed E-state index contributed by atoms with van der Waals surface area (Å²) >= 11 is 1.91.